The lowest BCUT2D eigenvalue weighted by Gasteiger charge is -2.31. The summed E-state index contributed by atoms with van der Waals surface area (Å²) < 4.78 is 12.2. The highest BCUT2D eigenvalue weighted by atomic mass is 127. The summed E-state index contributed by atoms with van der Waals surface area (Å²) in [7, 11) is 0.943. The smallest absolute Gasteiger partial charge is 0.193 e. The van der Waals surface area contributed by atoms with Crippen LogP contribution in [0.15, 0.2) is 59.6 Å². The number of rotatable bonds is 5. The maximum absolute atomic E-state index is 12.2. The highest BCUT2D eigenvalue weighted by Crippen LogP contribution is 2.18. The molecular weight excluding hydrogens is 457 g/mol. The number of nitrogens with one attached hydrogen (secondary N) is 1. The standard InChI is InChI=1S/C20H25N3OS.HI/c1-21-20(23-13-11-18-9-5-6-10-19(18)15-23)22-12-14-25(24)16-17-7-3-2-4-8-17;/h2-10H,11-16H2,1H3,(H,21,22);1H. The van der Waals surface area contributed by atoms with Crippen LogP contribution in [0.25, 0.3) is 0 Å². The van der Waals surface area contributed by atoms with E-state index in [4.69, 9.17) is 0 Å². The first-order valence-corrected chi connectivity index (χ1v) is 10.2. The molecule has 1 N–H and O–H groups in total. The Morgan fingerprint density at radius 2 is 1.81 bits per heavy atom. The monoisotopic (exact) mass is 483 g/mol. The van der Waals surface area contributed by atoms with Gasteiger partial charge in [-0.05, 0) is 23.1 Å². The second-order valence-corrected chi connectivity index (χ2v) is 7.76. The van der Waals surface area contributed by atoms with Crippen LogP contribution in [0.5, 0.6) is 0 Å². The van der Waals surface area contributed by atoms with Crippen molar-refractivity contribution in [2.24, 2.45) is 4.99 Å². The van der Waals surface area contributed by atoms with Gasteiger partial charge in [-0.3, -0.25) is 9.20 Å². The molecule has 0 amide bonds. The Morgan fingerprint density at radius 1 is 1.12 bits per heavy atom. The first-order chi connectivity index (χ1) is 12.3. The fourth-order valence-corrected chi connectivity index (χ4v) is 4.16. The van der Waals surface area contributed by atoms with Gasteiger partial charge in [-0.25, -0.2) is 0 Å². The van der Waals surface area contributed by atoms with E-state index in [9.17, 15) is 4.21 Å². The number of fused-ring (bicyclic) bond motifs is 1. The molecule has 26 heavy (non-hydrogen) atoms. The molecule has 0 aromatic heterocycles. The molecule has 3 rings (SSSR count). The molecule has 4 nitrogen and oxygen atoms in total. The summed E-state index contributed by atoms with van der Waals surface area (Å²) in [6, 6.07) is 18.6. The summed E-state index contributed by atoms with van der Waals surface area (Å²) in [5.41, 5.74) is 3.92. The summed E-state index contributed by atoms with van der Waals surface area (Å²) in [5, 5.41) is 3.37. The van der Waals surface area contributed by atoms with Gasteiger partial charge in [0, 0.05) is 49.0 Å². The molecule has 0 aliphatic carbocycles. The second-order valence-electron chi connectivity index (χ2n) is 6.19. The average molecular weight is 483 g/mol. The van der Waals surface area contributed by atoms with E-state index in [0.717, 1.165) is 31.0 Å². The minimum Gasteiger partial charge on any atom is -0.355 e. The summed E-state index contributed by atoms with van der Waals surface area (Å²) >= 11 is 0. The molecule has 2 aromatic carbocycles. The third kappa shape index (κ3) is 5.81. The second kappa shape index (κ2) is 10.7. The summed E-state index contributed by atoms with van der Waals surface area (Å²) in [6.45, 7) is 2.51. The maximum Gasteiger partial charge on any atom is 0.193 e. The van der Waals surface area contributed by atoms with E-state index < -0.39 is 10.8 Å². The van der Waals surface area contributed by atoms with Gasteiger partial charge in [-0.15, -0.1) is 24.0 Å². The summed E-state index contributed by atoms with van der Waals surface area (Å²) in [5.74, 6) is 2.13. The molecule has 1 atom stereocenters. The van der Waals surface area contributed by atoms with E-state index in [-0.39, 0.29) is 24.0 Å². The van der Waals surface area contributed by atoms with E-state index in [1.165, 1.54) is 11.1 Å². The number of guanidine groups is 1. The number of benzene rings is 2. The van der Waals surface area contributed by atoms with Crippen LogP contribution < -0.4 is 5.32 Å². The van der Waals surface area contributed by atoms with Crippen molar-refractivity contribution in [1.29, 1.82) is 0 Å². The Hall–Kier alpha value is -1.41. The van der Waals surface area contributed by atoms with E-state index >= 15 is 0 Å². The lowest BCUT2D eigenvalue weighted by Crippen LogP contribution is -2.45. The Morgan fingerprint density at radius 3 is 2.54 bits per heavy atom. The van der Waals surface area contributed by atoms with Gasteiger partial charge >= 0.3 is 0 Å². The molecule has 0 saturated carbocycles. The maximum atomic E-state index is 12.2. The molecule has 6 heteroatoms. The molecular formula is C20H26IN3OS. The minimum atomic E-state index is -0.867. The highest BCUT2D eigenvalue weighted by Gasteiger charge is 2.18. The zero-order valence-corrected chi connectivity index (χ0v) is 18.2. The fourth-order valence-electron chi connectivity index (χ4n) is 3.12. The van der Waals surface area contributed by atoms with Gasteiger partial charge in [-0.1, -0.05) is 54.6 Å². The molecule has 1 heterocycles. The summed E-state index contributed by atoms with van der Waals surface area (Å²) in [4.78, 5) is 6.66. The SMILES string of the molecule is CN=C(NCCS(=O)Cc1ccccc1)N1CCc2ccccc2C1.I. The van der Waals surface area contributed by atoms with Gasteiger partial charge < -0.3 is 10.2 Å². The van der Waals surface area contributed by atoms with Gasteiger partial charge in [0.25, 0.3) is 0 Å². The Bertz CT molecular complexity index is 752. The molecule has 1 unspecified atom stereocenters. The number of halogens is 1. The van der Waals surface area contributed by atoms with Crippen LogP contribution in [0.3, 0.4) is 0 Å². The lowest BCUT2D eigenvalue weighted by atomic mass is 10.0. The molecule has 0 bridgehead atoms. The van der Waals surface area contributed by atoms with Crippen molar-refractivity contribution in [3.05, 3.63) is 71.3 Å². The zero-order chi connectivity index (χ0) is 17.5. The van der Waals surface area contributed by atoms with E-state index in [0.29, 0.717) is 18.1 Å². The van der Waals surface area contributed by atoms with Crippen LogP contribution in [-0.2, 0) is 29.5 Å². The quantitative estimate of drug-likeness (QED) is 0.404. The van der Waals surface area contributed by atoms with Gasteiger partial charge in [0.2, 0.25) is 0 Å². The van der Waals surface area contributed by atoms with Crippen molar-refractivity contribution in [2.45, 2.75) is 18.7 Å². The Labute approximate surface area is 175 Å². The van der Waals surface area contributed by atoms with Crippen LogP contribution >= 0.6 is 24.0 Å². The highest BCUT2D eigenvalue weighted by molar-refractivity contribution is 14.0. The van der Waals surface area contributed by atoms with Crippen molar-refractivity contribution in [2.75, 3.05) is 25.9 Å². The molecule has 0 fully saturated rings. The summed E-state index contributed by atoms with van der Waals surface area (Å²) in [6.07, 6.45) is 1.04. The van der Waals surface area contributed by atoms with Crippen LogP contribution in [0.2, 0.25) is 0 Å². The molecule has 2 aromatic rings. The largest absolute Gasteiger partial charge is 0.355 e. The number of nitrogens with zero attached hydrogens (tertiary/aromatic N) is 2. The third-order valence-electron chi connectivity index (χ3n) is 4.43. The Balaban J connectivity index is 0.00000243. The van der Waals surface area contributed by atoms with Crippen LogP contribution in [0.4, 0.5) is 0 Å². The zero-order valence-electron chi connectivity index (χ0n) is 15.1. The first kappa shape index (κ1) is 20.9. The molecule has 1 aliphatic heterocycles. The molecule has 0 spiro atoms. The first-order valence-electron chi connectivity index (χ1n) is 8.67. The van der Waals surface area contributed by atoms with E-state index in [1.807, 2.05) is 37.4 Å². The Kier molecular flexibility index (Phi) is 8.58. The molecule has 140 valence electrons. The number of hydrogen-bond acceptors (Lipinski definition) is 2. The van der Waals surface area contributed by atoms with Crippen molar-refractivity contribution in [3.8, 4) is 0 Å². The van der Waals surface area contributed by atoms with Crippen molar-refractivity contribution >= 4 is 40.7 Å². The van der Waals surface area contributed by atoms with Crippen LogP contribution in [0.1, 0.15) is 16.7 Å². The third-order valence-corrected chi connectivity index (χ3v) is 5.74. The van der Waals surface area contributed by atoms with Crippen LogP contribution in [-0.4, -0.2) is 41.0 Å². The minimum absolute atomic E-state index is 0. The molecule has 0 saturated heterocycles. The molecule has 1 aliphatic rings. The van der Waals surface area contributed by atoms with Crippen molar-refractivity contribution < 1.29 is 4.21 Å². The van der Waals surface area contributed by atoms with Gasteiger partial charge in [0.05, 0.1) is 0 Å². The van der Waals surface area contributed by atoms with Crippen molar-refractivity contribution in [3.63, 3.8) is 0 Å². The van der Waals surface area contributed by atoms with E-state index in [1.54, 1.807) is 0 Å². The van der Waals surface area contributed by atoms with Crippen LogP contribution in [0, 0.1) is 0 Å². The predicted molar refractivity (Wildman–Crippen MR) is 120 cm³/mol. The number of hydrogen-bond donors (Lipinski definition) is 1. The molecule has 0 radical (unpaired) electrons. The van der Waals surface area contributed by atoms with E-state index in [2.05, 4.69) is 39.5 Å². The van der Waals surface area contributed by atoms with Crippen molar-refractivity contribution in [1.82, 2.24) is 10.2 Å². The average Bonchev–Trinajstić information content (AvgIpc) is 2.66. The van der Waals surface area contributed by atoms with Gasteiger partial charge in [0.1, 0.15) is 0 Å². The normalized spacial score (nSPS) is 15.0. The van der Waals surface area contributed by atoms with Gasteiger partial charge in [-0.2, -0.15) is 0 Å². The predicted octanol–water partition coefficient (Wildman–Crippen LogP) is 3.19. The topological polar surface area (TPSA) is 44.7 Å². The van der Waals surface area contributed by atoms with Gasteiger partial charge in [0.15, 0.2) is 5.96 Å². The number of aliphatic imine (C=N–C) groups is 1. The fraction of sp³-hybridized carbons (Fsp3) is 0.350. The lowest BCUT2D eigenvalue weighted by molar-refractivity contribution is 0.380.